The van der Waals surface area contributed by atoms with Crippen molar-refractivity contribution in [3.63, 3.8) is 0 Å². The number of unbranched alkanes of at least 4 members (excludes halogenated alkanes) is 3. The van der Waals surface area contributed by atoms with E-state index in [1.165, 1.54) is 0 Å². The fourth-order valence-electron chi connectivity index (χ4n) is 4.05. The van der Waals surface area contributed by atoms with E-state index in [0.29, 0.717) is 30.5 Å². The number of fused-ring (bicyclic) bond motifs is 4. The molecule has 0 aliphatic carbocycles. The van der Waals surface area contributed by atoms with Gasteiger partial charge in [-0.2, -0.15) is 0 Å². The summed E-state index contributed by atoms with van der Waals surface area (Å²) in [4.78, 5) is 18.8. The summed E-state index contributed by atoms with van der Waals surface area (Å²) < 4.78 is 27.2. The predicted molar refractivity (Wildman–Crippen MR) is 137 cm³/mol. The minimum atomic E-state index is -0.309. The van der Waals surface area contributed by atoms with Gasteiger partial charge >= 0.3 is 0 Å². The minimum Gasteiger partial charge on any atom is -0.374 e. The van der Waals surface area contributed by atoms with Crippen molar-refractivity contribution in [2.45, 2.75) is 38.7 Å². The molecular formula is C28H27FN4O. The molecule has 0 N–H and O–H groups in total. The van der Waals surface area contributed by atoms with Gasteiger partial charge in [0, 0.05) is 12.2 Å². The molecule has 0 aromatic carbocycles. The van der Waals surface area contributed by atoms with Crippen LogP contribution in [0.4, 0.5) is 4.39 Å². The van der Waals surface area contributed by atoms with Crippen LogP contribution in [0.3, 0.4) is 0 Å². The minimum absolute atomic E-state index is 0.269. The van der Waals surface area contributed by atoms with Gasteiger partial charge < -0.3 is 4.74 Å². The Morgan fingerprint density at radius 3 is 1.91 bits per heavy atom. The Morgan fingerprint density at radius 2 is 1.29 bits per heavy atom. The first-order valence-corrected chi connectivity index (χ1v) is 11.7. The molecule has 5 aliphatic heterocycles. The quantitative estimate of drug-likeness (QED) is 0.421. The lowest BCUT2D eigenvalue weighted by molar-refractivity contribution is 0.0879. The zero-order valence-corrected chi connectivity index (χ0v) is 19.2. The molecule has 5 nitrogen and oxygen atoms in total. The van der Waals surface area contributed by atoms with Crippen LogP contribution in [-0.4, -0.2) is 42.2 Å². The van der Waals surface area contributed by atoms with E-state index >= 15 is 0 Å². The number of nitrogens with zero attached hydrogens (tertiary/aromatic N) is 4. The van der Waals surface area contributed by atoms with Crippen molar-refractivity contribution in [1.82, 2.24) is 0 Å². The Morgan fingerprint density at radius 1 is 0.735 bits per heavy atom. The summed E-state index contributed by atoms with van der Waals surface area (Å²) in [6, 6.07) is 0.333. The fourth-order valence-corrected chi connectivity index (χ4v) is 4.05. The molecule has 8 bridgehead atoms. The maximum absolute atomic E-state index is 12.3. The number of hydrogen-bond donors (Lipinski definition) is 0. The molecule has 34 heavy (non-hydrogen) atoms. The highest BCUT2D eigenvalue weighted by atomic mass is 19.1. The monoisotopic (exact) mass is 455 g/mol. The summed E-state index contributed by atoms with van der Waals surface area (Å²) in [6.07, 6.45) is 22.2. The molecule has 0 radical (unpaired) electrons. The van der Waals surface area contributed by atoms with Crippen LogP contribution in [0.15, 0.2) is 115 Å². The van der Waals surface area contributed by atoms with Gasteiger partial charge in [0.05, 0.1) is 59.8 Å². The maximum atomic E-state index is 12.3. The number of allylic oxidation sites excluding steroid dienone is 11. The second kappa shape index (κ2) is 10.2. The van der Waals surface area contributed by atoms with Crippen LogP contribution < -0.4 is 0 Å². The van der Waals surface area contributed by atoms with Crippen molar-refractivity contribution in [2.24, 2.45) is 20.0 Å². The highest BCUT2D eigenvalue weighted by molar-refractivity contribution is 6.15. The third-order valence-electron chi connectivity index (χ3n) is 5.79. The van der Waals surface area contributed by atoms with E-state index in [1.807, 2.05) is 67.7 Å². The highest BCUT2D eigenvalue weighted by Gasteiger charge is 2.21. The van der Waals surface area contributed by atoms with Crippen molar-refractivity contribution in [3.05, 3.63) is 95.2 Å². The summed E-state index contributed by atoms with van der Waals surface area (Å²) in [5.74, 6) is 0. The van der Waals surface area contributed by atoms with Crippen molar-refractivity contribution >= 4 is 22.8 Å². The van der Waals surface area contributed by atoms with Gasteiger partial charge in [-0.15, -0.1) is 0 Å². The topological polar surface area (TPSA) is 58.7 Å². The number of rotatable bonds is 8. The standard InChI is InChI=1S/C28H27FN4O/c1-19(34-13-5-3-2-4-12-29)27-17-26-16-24-9-8-22(31-24)14-20-6-7-21(30-20)15-23-10-11-25(32-23)18-28(27)33-26/h6-11,14-19H,2-5,12-13H2,1H3/i17D. The van der Waals surface area contributed by atoms with E-state index < -0.39 is 0 Å². The molecular weight excluding hydrogens is 427 g/mol. The van der Waals surface area contributed by atoms with E-state index in [-0.39, 0.29) is 12.8 Å². The second-order valence-corrected chi connectivity index (χ2v) is 8.50. The SMILES string of the molecule is [2H]C1=C(C(C)OCCCCCCF)C2=CC3=NC(=CC4=NC(=CC5=NC(=CC1=N2)C=C5)C=C4)C=C3. The Hall–Kier alpha value is -3.51. The number of alkyl halides is 1. The van der Waals surface area contributed by atoms with Crippen LogP contribution in [0.1, 0.15) is 34.0 Å². The van der Waals surface area contributed by atoms with Crippen LogP contribution in [0, 0.1) is 0 Å². The lowest BCUT2D eigenvalue weighted by Gasteiger charge is -2.15. The fraction of sp³-hybridized carbons (Fsp3) is 0.286. The van der Waals surface area contributed by atoms with E-state index in [1.54, 1.807) is 0 Å². The molecule has 0 fully saturated rings. The van der Waals surface area contributed by atoms with Gasteiger partial charge in [0.1, 0.15) is 0 Å². The molecule has 0 aromatic rings. The summed E-state index contributed by atoms with van der Waals surface area (Å²) in [5, 5.41) is 0. The molecule has 0 spiro atoms. The van der Waals surface area contributed by atoms with Gasteiger partial charge in [-0.05, 0) is 86.6 Å². The van der Waals surface area contributed by atoms with Crippen LogP contribution in [0.5, 0.6) is 0 Å². The number of ether oxygens (including phenoxy) is 1. The van der Waals surface area contributed by atoms with E-state index in [4.69, 9.17) is 16.1 Å². The summed E-state index contributed by atoms with van der Waals surface area (Å²) in [6.45, 7) is 2.24. The van der Waals surface area contributed by atoms with Crippen LogP contribution >= 0.6 is 0 Å². The summed E-state index contributed by atoms with van der Waals surface area (Å²) in [7, 11) is 0. The number of aliphatic imine (C=N–C) groups is 4. The zero-order chi connectivity index (χ0) is 24.2. The lowest BCUT2D eigenvalue weighted by atomic mass is 10.1. The Kier molecular flexibility index (Phi) is 6.30. The predicted octanol–water partition coefficient (Wildman–Crippen LogP) is 5.88. The largest absolute Gasteiger partial charge is 0.374 e. The van der Waals surface area contributed by atoms with Crippen LogP contribution in [0.25, 0.3) is 0 Å². The molecule has 5 heterocycles. The molecule has 172 valence electrons. The van der Waals surface area contributed by atoms with Gasteiger partial charge in [0.15, 0.2) is 0 Å². The number of hydrogen-bond acceptors (Lipinski definition) is 5. The molecule has 6 heteroatoms. The lowest BCUT2D eigenvalue weighted by Crippen LogP contribution is -2.13. The van der Waals surface area contributed by atoms with Gasteiger partial charge in [-0.25, -0.2) is 20.0 Å². The van der Waals surface area contributed by atoms with Crippen LogP contribution in [-0.2, 0) is 4.74 Å². The van der Waals surface area contributed by atoms with Crippen molar-refractivity contribution in [1.29, 1.82) is 0 Å². The smallest absolute Gasteiger partial charge is 0.0894 e. The van der Waals surface area contributed by atoms with Crippen molar-refractivity contribution < 1.29 is 10.5 Å². The highest BCUT2D eigenvalue weighted by Crippen LogP contribution is 2.27. The molecule has 5 rings (SSSR count). The number of halogens is 1. The van der Waals surface area contributed by atoms with Gasteiger partial charge in [0.25, 0.3) is 0 Å². The molecule has 1 unspecified atom stereocenters. The Bertz CT molecular complexity index is 1300. The third kappa shape index (κ3) is 5.34. The molecule has 0 saturated heterocycles. The normalized spacial score (nSPS) is 21.5. The molecule has 1 atom stereocenters. The molecule has 5 aliphatic rings. The van der Waals surface area contributed by atoms with E-state index in [2.05, 4.69) is 9.98 Å². The third-order valence-corrected chi connectivity index (χ3v) is 5.79. The maximum Gasteiger partial charge on any atom is 0.0894 e. The average Bonchev–Trinajstić information content (AvgIpc) is 3.62. The summed E-state index contributed by atoms with van der Waals surface area (Å²) >= 11 is 0. The van der Waals surface area contributed by atoms with Crippen molar-refractivity contribution in [2.75, 3.05) is 13.3 Å². The average molecular weight is 456 g/mol. The molecule has 0 saturated carbocycles. The van der Waals surface area contributed by atoms with Crippen LogP contribution in [0.2, 0.25) is 0 Å². The first-order chi connectivity index (χ1) is 17.1. The van der Waals surface area contributed by atoms with Gasteiger partial charge in [-0.3, -0.25) is 4.39 Å². The molecule has 0 amide bonds. The summed E-state index contributed by atoms with van der Waals surface area (Å²) in [5.41, 5.74) is 6.74. The van der Waals surface area contributed by atoms with Gasteiger partial charge in [0.2, 0.25) is 0 Å². The van der Waals surface area contributed by atoms with E-state index in [0.717, 1.165) is 59.1 Å². The van der Waals surface area contributed by atoms with E-state index in [9.17, 15) is 4.39 Å². The Balaban J connectivity index is 1.46. The van der Waals surface area contributed by atoms with Gasteiger partial charge in [-0.1, -0.05) is 12.8 Å². The molecule has 0 aromatic heterocycles. The van der Waals surface area contributed by atoms with Crippen molar-refractivity contribution in [3.8, 4) is 0 Å². The zero-order valence-electron chi connectivity index (χ0n) is 20.2. The Labute approximate surface area is 200 Å². The first kappa shape index (κ1) is 21.1. The second-order valence-electron chi connectivity index (χ2n) is 8.50. The first-order valence-electron chi connectivity index (χ1n) is 12.2.